The Morgan fingerprint density at radius 2 is 2.05 bits per heavy atom. The molecule has 0 saturated heterocycles. The van der Waals surface area contributed by atoms with E-state index in [0.29, 0.717) is 11.3 Å². The zero-order valence-electron chi connectivity index (χ0n) is 11.4. The maximum atomic E-state index is 11.3. The highest BCUT2D eigenvalue weighted by Crippen LogP contribution is 2.32. The molecule has 0 amide bonds. The molecule has 1 aromatic carbocycles. The van der Waals surface area contributed by atoms with Crippen molar-refractivity contribution in [1.82, 2.24) is 9.97 Å². The standard InChI is InChI=1S/C16H14N2O3/c1-16(21,12-6-7-17-9-11(12)15(19)20)14-8-10-4-2-3-5-13(10)18-14/h2-9,18,21H,1H3,(H,19,20). The lowest BCUT2D eigenvalue weighted by molar-refractivity contribution is 0.0664. The van der Waals surface area contributed by atoms with E-state index in [9.17, 15) is 15.0 Å². The van der Waals surface area contributed by atoms with E-state index in [1.807, 2.05) is 30.3 Å². The Hall–Kier alpha value is -2.66. The Labute approximate surface area is 120 Å². The van der Waals surface area contributed by atoms with E-state index in [-0.39, 0.29) is 5.56 Å². The minimum absolute atomic E-state index is 0.0128. The van der Waals surface area contributed by atoms with Crippen LogP contribution in [0, 0.1) is 0 Å². The van der Waals surface area contributed by atoms with E-state index >= 15 is 0 Å². The lowest BCUT2D eigenvalue weighted by Crippen LogP contribution is -2.26. The number of hydrogen-bond acceptors (Lipinski definition) is 3. The molecular weight excluding hydrogens is 268 g/mol. The normalized spacial score (nSPS) is 14.0. The van der Waals surface area contributed by atoms with Gasteiger partial charge in [-0.2, -0.15) is 0 Å². The molecule has 0 aliphatic carbocycles. The number of pyridine rings is 1. The summed E-state index contributed by atoms with van der Waals surface area (Å²) in [7, 11) is 0. The van der Waals surface area contributed by atoms with Crippen LogP contribution in [0.1, 0.15) is 28.5 Å². The number of rotatable bonds is 3. The van der Waals surface area contributed by atoms with Gasteiger partial charge in [0.05, 0.1) is 11.3 Å². The summed E-state index contributed by atoms with van der Waals surface area (Å²) in [5, 5.41) is 21.1. The van der Waals surface area contributed by atoms with Crippen LogP contribution in [-0.4, -0.2) is 26.2 Å². The fourth-order valence-corrected chi connectivity index (χ4v) is 2.47. The van der Waals surface area contributed by atoms with Crippen molar-refractivity contribution < 1.29 is 15.0 Å². The third-order valence-electron chi connectivity index (χ3n) is 3.63. The van der Waals surface area contributed by atoms with Crippen LogP contribution < -0.4 is 0 Å². The minimum atomic E-state index is -1.45. The second-order valence-electron chi connectivity index (χ2n) is 5.07. The van der Waals surface area contributed by atoms with Gasteiger partial charge in [0.15, 0.2) is 0 Å². The lowest BCUT2D eigenvalue weighted by atomic mass is 9.90. The average molecular weight is 282 g/mol. The third-order valence-corrected chi connectivity index (χ3v) is 3.63. The maximum Gasteiger partial charge on any atom is 0.337 e. The molecular formula is C16H14N2O3. The molecule has 5 nitrogen and oxygen atoms in total. The molecule has 1 unspecified atom stereocenters. The molecule has 3 N–H and O–H groups in total. The van der Waals surface area contributed by atoms with Crippen molar-refractivity contribution in [3.8, 4) is 0 Å². The number of aromatic carboxylic acids is 1. The van der Waals surface area contributed by atoms with Crippen LogP contribution >= 0.6 is 0 Å². The molecule has 5 heteroatoms. The second-order valence-corrected chi connectivity index (χ2v) is 5.07. The zero-order chi connectivity index (χ0) is 15.0. The molecule has 0 fully saturated rings. The first-order valence-corrected chi connectivity index (χ1v) is 6.48. The summed E-state index contributed by atoms with van der Waals surface area (Å²) in [5.41, 5.74) is 0.268. The molecule has 0 bridgehead atoms. The van der Waals surface area contributed by atoms with Gasteiger partial charge in [-0.3, -0.25) is 4.98 Å². The van der Waals surface area contributed by atoms with E-state index in [4.69, 9.17) is 0 Å². The number of nitrogens with zero attached hydrogens (tertiary/aromatic N) is 1. The molecule has 0 spiro atoms. The largest absolute Gasteiger partial charge is 0.478 e. The average Bonchev–Trinajstić information content (AvgIpc) is 2.92. The summed E-state index contributed by atoms with van der Waals surface area (Å²) in [6.45, 7) is 1.57. The number of aliphatic hydroxyl groups is 1. The number of para-hydroxylation sites is 1. The second kappa shape index (κ2) is 4.71. The van der Waals surface area contributed by atoms with Crippen LogP contribution in [-0.2, 0) is 5.60 Å². The third kappa shape index (κ3) is 2.17. The van der Waals surface area contributed by atoms with Gasteiger partial charge in [0.25, 0.3) is 0 Å². The number of H-pyrrole nitrogens is 1. The number of nitrogens with one attached hydrogen (secondary N) is 1. The fourth-order valence-electron chi connectivity index (χ4n) is 2.47. The van der Waals surface area contributed by atoms with Crippen molar-refractivity contribution in [2.75, 3.05) is 0 Å². The molecule has 1 atom stereocenters. The molecule has 106 valence electrons. The molecule has 2 heterocycles. The number of carbonyl (C=O) groups is 1. The number of carboxylic acids is 1. The van der Waals surface area contributed by atoms with Gasteiger partial charge in [-0.1, -0.05) is 18.2 Å². The summed E-state index contributed by atoms with van der Waals surface area (Å²) in [5.74, 6) is -1.12. The quantitative estimate of drug-likeness (QED) is 0.689. The van der Waals surface area contributed by atoms with Crippen molar-refractivity contribution in [1.29, 1.82) is 0 Å². The minimum Gasteiger partial charge on any atom is -0.478 e. The highest BCUT2D eigenvalue weighted by Gasteiger charge is 2.31. The Kier molecular flexibility index (Phi) is 2.99. The van der Waals surface area contributed by atoms with E-state index in [1.54, 1.807) is 6.92 Å². The maximum absolute atomic E-state index is 11.3. The van der Waals surface area contributed by atoms with Crippen LogP contribution in [0.25, 0.3) is 10.9 Å². The van der Waals surface area contributed by atoms with Gasteiger partial charge in [0, 0.05) is 23.5 Å². The Morgan fingerprint density at radius 1 is 1.29 bits per heavy atom. The first kappa shape index (κ1) is 13.3. The molecule has 0 saturated carbocycles. The Balaban J connectivity index is 2.18. The smallest absolute Gasteiger partial charge is 0.337 e. The lowest BCUT2D eigenvalue weighted by Gasteiger charge is -2.24. The Bertz CT molecular complexity index is 788. The number of benzene rings is 1. The van der Waals surface area contributed by atoms with Crippen molar-refractivity contribution in [2.45, 2.75) is 12.5 Å². The topological polar surface area (TPSA) is 86.2 Å². The van der Waals surface area contributed by atoms with Crippen LogP contribution in [0.4, 0.5) is 0 Å². The van der Waals surface area contributed by atoms with Crippen LogP contribution in [0.15, 0.2) is 48.8 Å². The molecule has 3 rings (SSSR count). The van der Waals surface area contributed by atoms with Crippen molar-refractivity contribution in [2.24, 2.45) is 0 Å². The molecule has 2 aromatic heterocycles. The van der Waals surface area contributed by atoms with Gasteiger partial charge >= 0.3 is 5.97 Å². The van der Waals surface area contributed by atoms with Crippen LogP contribution in [0.5, 0.6) is 0 Å². The zero-order valence-corrected chi connectivity index (χ0v) is 11.4. The van der Waals surface area contributed by atoms with Gasteiger partial charge in [0.2, 0.25) is 0 Å². The summed E-state index contributed by atoms with van der Waals surface area (Å²) < 4.78 is 0. The van der Waals surface area contributed by atoms with Crippen molar-refractivity contribution >= 4 is 16.9 Å². The highest BCUT2D eigenvalue weighted by molar-refractivity contribution is 5.89. The number of hydrogen-bond donors (Lipinski definition) is 3. The van der Waals surface area contributed by atoms with E-state index in [1.165, 1.54) is 18.5 Å². The van der Waals surface area contributed by atoms with Gasteiger partial charge in [-0.15, -0.1) is 0 Å². The number of aromatic nitrogens is 2. The first-order valence-electron chi connectivity index (χ1n) is 6.48. The predicted octanol–water partition coefficient (Wildman–Crippen LogP) is 2.52. The number of aromatic amines is 1. The molecule has 21 heavy (non-hydrogen) atoms. The van der Waals surface area contributed by atoms with Crippen LogP contribution in [0.3, 0.4) is 0 Å². The Morgan fingerprint density at radius 3 is 2.76 bits per heavy atom. The van der Waals surface area contributed by atoms with Gasteiger partial charge in [-0.05, 0) is 30.5 Å². The first-order chi connectivity index (χ1) is 10.00. The van der Waals surface area contributed by atoms with E-state index < -0.39 is 11.6 Å². The number of fused-ring (bicyclic) bond motifs is 1. The summed E-state index contributed by atoms with van der Waals surface area (Å²) in [6, 6.07) is 11.0. The van der Waals surface area contributed by atoms with Crippen molar-refractivity contribution in [3.63, 3.8) is 0 Å². The summed E-state index contributed by atoms with van der Waals surface area (Å²) in [4.78, 5) is 18.3. The van der Waals surface area contributed by atoms with Crippen LogP contribution in [0.2, 0.25) is 0 Å². The summed E-state index contributed by atoms with van der Waals surface area (Å²) in [6.07, 6.45) is 2.72. The SMILES string of the molecule is CC(O)(c1cc2ccccc2[nH]1)c1ccncc1C(=O)O. The molecule has 0 aliphatic heterocycles. The predicted molar refractivity (Wildman–Crippen MR) is 78.2 cm³/mol. The fraction of sp³-hybridized carbons (Fsp3) is 0.125. The van der Waals surface area contributed by atoms with Gasteiger partial charge in [-0.25, -0.2) is 4.79 Å². The monoisotopic (exact) mass is 282 g/mol. The molecule has 3 aromatic rings. The van der Waals surface area contributed by atoms with E-state index in [2.05, 4.69) is 9.97 Å². The molecule has 0 radical (unpaired) electrons. The van der Waals surface area contributed by atoms with Crippen molar-refractivity contribution in [3.05, 3.63) is 65.6 Å². The van der Waals surface area contributed by atoms with Gasteiger partial charge in [0.1, 0.15) is 5.60 Å². The number of carboxylic acid groups (broad SMARTS) is 1. The molecule has 0 aliphatic rings. The van der Waals surface area contributed by atoms with E-state index in [0.717, 1.165) is 10.9 Å². The highest BCUT2D eigenvalue weighted by atomic mass is 16.4. The summed E-state index contributed by atoms with van der Waals surface area (Å²) >= 11 is 0. The van der Waals surface area contributed by atoms with Gasteiger partial charge < -0.3 is 15.2 Å².